The normalized spacial score (nSPS) is 10.9. The first kappa shape index (κ1) is 14.9. The molecule has 25 heavy (non-hydrogen) atoms. The summed E-state index contributed by atoms with van der Waals surface area (Å²) in [4.78, 5) is 23.6. The van der Waals surface area contributed by atoms with Crippen LogP contribution in [0.2, 0.25) is 0 Å². The number of furan rings is 1. The van der Waals surface area contributed by atoms with E-state index < -0.39 is 0 Å². The number of anilines is 1. The first-order valence-electron chi connectivity index (χ1n) is 7.72. The van der Waals surface area contributed by atoms with Crippen LogP contribution in [-0.4, -0.2) is 20.9 Å². The molecule has 0 aliphatic heterocycles. The maximum Gasteiger partial charge on any atom is 0.270 e. The van der Waals surface area contributed by atoms with Crippen LogP contribution in [0.5, 0.6) is 0 Å². The number of hydrogen-bond donors (Lipinski definition) is 3. The Labute approximate surface area is 142 Å². The number of fused-ring (bicyclic) bond motifs is 1. The lowest BCUT2D eigenvalue weighted by Crippen LogP contribution is -2.24. The Morgan fingerprint density at radius 3 is 2.96 bits per heavy atom. The minimum Gasteiger partial charge on any atom is -0.463 e. The van der Waals surface area contributed by atoms with E-state index in [0.29, 0.717) is 18.0 Å². The summed E-state index contributed by atoms with van der Waals surface area (Å²) in [5.41, 5.74) is 8.43. The molecule has 4 rings (SSSR count). The lowest BCUT2D eigenvalue weighted by Gasteiger charge is -2.07. The molecule has 0 saturated heterocycles. The number of amides is 1. The number of benzene rings is 1. The molecule has 0 bridgehead atoms. The summed E-state index contributed by atoms with van der Waals surface area (Å²) in [5.74, 6) is 0.227. The Morgan fingerprint density at radius 1 is 1.20 bits per heavy atom. The summed E-state index contributed by atoms with van der Waals surface area (Å²) in [5, 5.41) is 3.94. The van der Waals surface area contributed by atoms with Crippen LogP contribution in [-0.2, 0) is 6.54 Å². The van der Waals surface area contributed by atoms with Gasteiger partial charge in [0.05, 0.1) is 6.26 Å². The van der Waals surface area contributed by atoms with Crippen molar-refractivity contribution in [3.63, 3.8) is 0 Å². The summed E-state index contributed by atoms with van der Waals surface area (Å²) >= 11 is 0. The molecule has 0 aliphatic rings. The predicted molar refractivity (Wildman–Crippen MR) is 93.6 cm³/mol. The van der Waals surface area contributed by atoms with E-state index in [-0.39, 0.29) is 17.5 Å². The molecule has 4 N–H and O–H groups in total. The second kappa shape index (κ2) is 6.12. The molecule has 0 unspecified atom stereocenters. The molecule has 0 spiro atoms. The highest BCUT2D eigenvalue weighted by Gasteiger charge is 2.13. The molecule has 7 nitrogen and oxygen atoms in total. The van der Waals surface area contributed by atoms with Gasteiger partial charge in [0.25, 0.3) is 5.91 Å². The van der Waals surface area contributed by atoms with Crippen LogP contribution in [0.4, 0.5) is 5.95 Å². The molecule has 0 saturated carbocycles. The summed E-state index contributed by atoms with van der Waals surface area (Å²) in [6.45, 7) is 0.389. The number of aromatic amines is 1. The third-order valence-corrected chi connectivity index (χ3v) is 3.82. The van der Waals surface area contributed by atoms with Gasteiger partial charge in [-0.05, 0) is 47.3 Å². The van der Waals surface area contributed by atoms with E-state index >= 15 is 0 Å². The van der Waals surface area contributed by atoms with Gasteiger partial charge in [-0.25, -0.2) is 9.97 Å². The molecule has 0 fully saturated rings. The van der Waals surface area contributed by atoms with Crippen LogP contribution in [0, 0.1) is 0 Å². The second-order valence-corrected chi connectivity index (χ2v) is 5.56. The van der Waals surface area contributed by atoms with Gasteiger partial charge < -0.3 is 20.5 Å². The topological polar surface area (TPSA) is 110 Å². The fourth-order valence-corrected chi connectivity index (χ4v) is 2.62. The highest BCUT2D eigenvalue weighted by molar-refractivity contribution is 5.93. The number of nitrogens with one attached hydrogen (secondary N) is 2. The third kappa shape index (κ3) is 3.07. The highest BCUT2D eigenvalue weighted by Crippen LogP contribution is 2.19. The summed E-state index contributed by atoms with van der Waals surface area (Å²) < 4.78 is 5.29. The molecule has 1 amide bonds. The minimum atomic E-state index is -0.323. The van der Waals surface area contributed by atoms with Crippen molar-refractivity contribution in [1.29, 1.82) is 0 Å². The van der Waals surface area contributed by atoms with E-state index in [1.807, 2.05) is 30.5 Å². The molecule has 3 heterocycles. The number of carbonyl (C=O) groups is 1. The van der Waals surface area contributed by atoms with Gasteiger partial charge in [0, 0.05) is 18.3 Å². The molecule has 0 radical (unpaired) electrons. The zero-order chi connectivity index (χ0) is 17.2. The van der Waals surface area contributed by atoms with E-state index in [0.717, 1.165) is 16.5 Å². The van der Waals surface area contributed by atoms with E-state index in [2.05, 4.69) is 20.3 Å². The standard InChI is InChI=1S/C18H15N5O2/c19-18-22-14(16-2-1-7-25-16)9-15(23-18)17(24)21-10-11-3-4-13-12(8-11)5-6-20-13/h1-9,20H,10H2,(H,21,24)(H2,19,22,23). The summed E-state index contributed by atoms with van der Waals surface area (Å²) in [6, 6.07) is 13.0. The summed E-state index contributed by atoms with van der Waals surface area (Å²) in [7, 11) is 0. The van der Waals surface area contributed by atoms with Crippen molar-refractivity contribution in [3.8, 4) is 11.5 Å². The lowest BCUT2D eigenvalue weighted by atomic mass is 10.1. The van der Waals surface area contributed by atoms with Crippen LogP contribution in [0.15, 0.2) is 59.3 Å². The van der Waals surface area contributed by atoms with Crippen molar-refractivity contribution in [2.45, 2.75) is 6.54 Å². The maximum atomic E-state index is 12.4. The second-order valence-electron chi connectivity index (χ2n) is 5.56. The van der Waals surface area contributed by atoms with Crippen molar-refractivity contribution in [1.82, 2.24) is 20.3 Å². The maximum absolute atomic E-state index is 12.4. The van der Waals surface area contributed by atoms with Gasteiger partial charge in [-0.3, -0.25) is 4.79 Å². The van der Waals surface area contributed by atoms with Crippen LogP contribution >= 0.6 is 0 Å². The molecular weight excluding hydrogens is 318 g/mol. The Bertz CT molecular complexity index is 1040. The Morgan fingerprint density at radius 2 is 2.12 bits per heavy atom. The fourth-order valence-electron chi connectivity index (χ4n) is 2.62. The number of nitrogens with zero attached hydrogens (tertiary/aromatic N) is 2. The number of H-pyrrole nitrogens is 1. The number of aromatic nitrogens is 3. The molecule has 0 aliphatic carbocycles. The van der Waals surface area contributed by atoms with E-state index in [4.69, 9.17) is 10.2 Å². The van der Waals surface area contributed by atoms with Crippen molar-refractivity contribution in [2.24, 2.45) is 0 Å². The predicted octanol–water partition coefficient (Wildman–Crippen LogP) is 2.73. The van der Waals surface area contributed by atoms with E-state index in [1.54, 1.807) is 18.2 Å². The number of rotatable bonds is 4. The monoisotopic (exact) mass is 333 g/mol. The molecule has 1 aromatic carbocycles. The van der Waals surface area contributed by atoms with Gasteiger partial charge >= 0.3 is 0 Å². The number of nitrogen functional groups attached to an aromatic ring is 1. The Balaban J connectivity index is 1.52. The van der Waals surface area contributed by atoms with Crippen molar-refractivity contribution >= 4 is 22.8 Å². The van der Waals surface area contributed by atoms with Gasteiger partial charge in [0.15, 0.2) is 5.76 Å². The van der Waals surface area contributed by atoms with Crippen LogP contribution in [0.1, 0.15) is 16.1 Å². The SMILES string of the molecule is Nc1nc(C(=O)NCc2ccc3[nH]ccc3c2)cc(-c2ccco2)n1. The fraction of sp³-hybridized carbons (Fsp3) is 0.0556. The van der Waals surface area contributed by atoms with Crippen molar-refractivity contribution in [3.05, 3.63) is 66.2 Å². The first-order chi connectivity index (χ1) is 12.2. The molecule has 124 valence electrons. The van der Waals surface area contributed by atoms with Gasteiger partial charge in [0.2, 0.25) is 5.95 Å². The minimum absolute atomic E-state index is 0.0211. The number of hydrogen-bond acceptors (Lipinski definition) is 5. The third-order valence-electron chi connectivity index (χ3n) is 3.82. The zero-order valence-corrected chi connectivity index (χ0v) is 13.2. The highest BCUT2D eigenvalue weighted by atomic mass is 16.3. The molecule has 3 aromatic heterocycles. The quantitative estimate of drug-likeness (QED) is 0.532. The smallest absolute Gasteiger partial charge is 0.270 e. The molecule has 7 heteroatoms. The van der Waals surface area contributed by atoms with E-state index in [9.17, 15) is 4.79 Å². The van der Waals surface area contributed by atoms with Gasteiger partial charge in [-0.2, -0.15) is 0 Å². The van der Waals surface area contributed by atoms with E-state index in [1.165, 1.54) is 6.26 Å². The van der Waals surface area contributed by atoms with Crippen LogP contribution in [0.25, 0.3) is 22.4 Å². The van der Waals surface area contributed by atoms with Gasteiger partial charge in [-0.15, -0.1) is 0 Å². The van der Waals surface area contributed by atoms with Crippen molar-refractivity contribution < 1.29 is 9.21 Å². The summed E-state index contributed by atoms with van der Waals surface area (Å²) in [6.07, 6.45) is 3.41. The molecular formula is C18H15N5O2. The largest absolute Gasteiger partial charge is 0.463 e. The zero-order valence-electron chi connectivity index (χ0n) is 13.2. The van der Waals surface area contributed by atoms with Crippen LogP contribution < -0.4 is 11.1 Å². The molecule has 0 atom stereocenters. The Hall–Kier alpha value is -3.61. The molecule has 4 aromatic rings. The van der Waals surface area contributed by atoms with Crippen LogP contribution in [0.3, 0.4) is 0 Å². The van der Waals surface area contributed by atoms with Gasteiger partial charge in [0.1, 0.15) is 11.4 Å². The first-order valence-corrected chi connectivity index (χ1v) is 7.72. The number of carbonyl (C=O) groups excluding carboxylic acids is 1. The van der Waals surface area contributed by atoms with Gasteiger partial charge in [-0.1, -0.05) is 6.07 Å². The average molecular weight is 333 g/mol. The average Bonchev–Trinajstić information content (AvgIpc) is 3.30. The lowest BCUT2D eigenvalue weighted by molar-refractivity contribution is 0.0946. The Kier molecular flexibility index (Phi) is 3.66. The van der Waals surface area contributed by atoms with Crippen molar-refractivity contribution in [2.75, 3.05) is 5.73 Å². The number of nitrogens with two attached hydrogens (primary N) is 1.